The van der Waals surface area contributed by atoms with Crippen LogP contribution in [0.3, 0.4) is 0 Å². The smallest absolute Gasteiger partial charge is 0.259 e. The van der Waals surface area contributed by atoms with E-state index in [9.17, 15) is 4.79 Å². The van der Waals surface area contributed by atoms with Gasteiger partial charge in [-0.1, -0.05) is 36.4 Å². The van der Waals surface area contributed by atoms with E-state index in [1.165, 1.54) is 3.57 Å². The first kappa shape index (κ1) is 21.1. The number of benzene rings is 3. The van der Waals surface area contributed by atoms with Crippen LogP contribution in [0.25, 0.3) is 16.5 Å². The van der Waals surface area contributed by atoms with E-state index in [2.05, 4.69) is 99.3 Å². The lowest BCUT2D eigenvalue weighted by atomic mass is 10.1. The van der Waals surface area contributed by atoms with E-state index >= 15 is 0 Å². The Kier molecular flexibility index (Phi) is 6.36. The van der Waals surface area contributed by atoms with Gasteiger partial charge < -0.3 is 9.88 Å². The van der Waals surface area contributed by atoms with Crippen LogP contribution in [0.2, 0.25) is 0 Å². The van der Waals surface area contributed by atoms with Crippen molar-refractivity contribution < 1.29 is 4.79 Å². The Labute approximate surface area is 195 Å². The number of hydrazone groups is 1. The maximum absolute atomic E-state index is 12.3. The maximum Gasteiger partial charge on any atom is 0.259 e. The Morgan fingerprint density at radius 2 is 1.77 bits per heavy atom. The first-order valence-corrected chi connectivity index (χ1v) is 11.1. The van der Waals surface area contributed by atoms with E-state index in [4.69, 9.17) is 0 Å². The molecule has 1 heterocycles. The van der Waals surface area contributed by atoms with Gasteiger partial charge in [-0.05, 0) is 78.2 Å². The van der Waals surface area contributed by atoms with E-state index in [1.807, 2.05) is 30.3 Å². The fourth-order valence-electron chi connectivity index (χ4n) is 3.67. The molecule has 0 saturated heterocycles. The van der Waals surface area contributed by atoms with Gasteiger partial charge in [-0.2, -0.15) is 5.10 Å². The number of anilines is 1. The largest absolute Gasteiger partial charge is 0.376 e. The van der Waals surface area contributed by atoms with Gasteiger partial charge >= 0.3 is 0 Å². The molecule has 1 amide bonds. The highest BCUT2D eigenvalue weighted by molar-refractivity contribution is 14.1. The molecule has 31 heavy (non-hydrogen) atoms. The second kappa shape index (κ2) is 9.34. The van der Waals surface area contributed by atoms with Gasteiger partial charge in [-0.3, -0.25) is 4.79 Å². The normalized spacial score (nSPS) is 11.2. The molecule has 6 heteroatoms. The highest BCUT2D eigenvalue weighted by atomic mass is 127. The summed E-state index contributed by atoms with van der Waals surface area (Å²) in [5.41, 5.74) is 7.81. The summed E-state index contributed by atoms with van der Waals surface area (Å²) in [5, 5.41) is 9.58. The lowest BCUT2D eigenvalue weighted by molar-refractivity contribution is -0.119. The lowest BCUT2D eigenvalue weighted by Crippen LogP contribution is -2.25. The minimum atomic E-state index is -0.198. The van der Waals surface area contributed by atoms with Gasteiger partial charge in [0.1, 0.15) is 0 Å². The van der Waals surface area contributed by atoms with Crippen LogP contribution in [-0.4, -0.2) is 23.2 Å². The molecule has 2 N–H and O–H groups in total. The number of hydrogen-bond donors (Lipinski definition) is 2. The summed E-state index contributed by atoms with van der Waals surface area (Å²) < 4.78 is 3.38. The molecule has 0 aliphatic rings. The van der Waals surface area contributed by atoms with E-state index in [0.717, 1.165) is 39.1 Å². The molecule has 5 nitrogen and oxygen atoms in total. The average Bonchev–Trinajstić information content (AvgIpc) is 3.06. The van der Waals surface area contributed by atoms with Crippen molar-refractivity contribution >= 4 is 51.2 Å². The average molecular weight is 522 g/mol. The summed E-state index contributed by atoms with van der Waals surface area (Å²) >= 11 is 2.30. The zero-order valence-corrected chi connectivity index (χ0v) is 19.6. The number of aryl methyl sites for hydroxylation is 1. The van der Waals surface area contributed by atoms with Crippen LogP contribution in [0, 0.1) is 17.4 Å². The number of halogens is 1. The monoisotopic (exact) mass is 522 g/mol. The lowest BCUT2D eigenvalue weighted by Gasteiger charge is -2.09. The van der Waals surface area contributed by atoms with Gasteiger partial charge in [-0.25, -0.2) is 5.43 Å². The van der Waals surface area contributed by atoms with Crippen LogP contribution in [0.5, 0.6) is 0 Å². The third-order valence-electron chi connectivity index (χ3n) is 5.18. The van der Waals surface area contributed by atoms with Crippen molar-refractivity contribution in [2.45, 2.75) is 13.8 Å². The molecule has 4 rings (SSSR count). The van der Waals surface area contributed by atoms with Gasteiger partial charge in [0.25, 0.3) is 5.91 Å². The fourth-order valence-corrected chi connectivity index (χ4v) is 4.03. The van der Waals surface area contributed by atoms with Crippen molar-refractivity contribution in [3.05, 3.63) is 93.3 Å². The predicted molar refractivity (Wildman–Crippen MR) is 136 cm³/mol. The summed E-state index contributed by atoms with van der Waals surface area (Å²) in [6.07, 6.45) is 1.70. The standard InChI is InChI=1S/C25H23IN4O/c1-17-14-20(18(2)30(17)22-12-10-21(26)11-13-22)15-28-29-25(31)16-27-24-9-5-7-19-6-3-4-8-23(19)24/h3-15,27H,16H2,1-2H3,(H,29,31)/b28-15-. The summed E-state index contributed by atoms with van der Waals surface area (Å²) in [7, 11) is 0. The number of amides is 1. The molecule has 3 aromatic carbocycles. The van der Waals surface area contributed by atoms with Crippen molar-refractivity contribution in [2.75, 3.05) is 11.9 Å². The van der Waals surface area contributed by atoms with Crippen molar-refractivity contribution in [1.29, 1.82) is 0 Å². The van der Waals surface area contributed by atoms with Crippen molar-refractivity contribution in [3.63, 3.8) is 0 Å². The first-order valence-electron chi connectivity index (χ1n) is 10.0. The van der Waals surface area contributed by atoms with Crippen molar-refractivity contribution in [1.82, 2.24) is 9.99 Å². The van der Waals surface area contributed by atoms with Crippen molar-refractivity contribution in [3.8, 4) is 5.69 Å². The molecule has 0 aliphatic carbocycles. The minimum absolute atomic E-state index is 0.146. The van der Waals surface area contributed by atoms with Gasteiger partial charge in [0.2, 0.25) is 0 Å². The first-order chi connectivity index (χ1) is 15.0. The third-order valence-corrected chi connectivity index (χ3v) is 5.90. The van der Waals surface area contributed by atoms with Crippen LogP contribution in [-0.2, 0) is 4.79 Å². The SMILES string of the molecule is Cc1cc(/C=N\NC(=O)CNc2cccc3ccccc23)c(C)n1-c1ccc(I)cc1. The van der Waals surface area contributed by atoms with E-state index in [1.54, 1.807) is 6.21 Å². The van der Waals surface area contributed by atoms with Gasteiger partial charge in [-0.15, -0.1) is 0 Å². The molecule has 0 aliphatic heterocycles. The number of rotatable bonds is 6. The van der Waals surface area contributed by atoms with Crippen LogP contribution >= 0.6 is 22.6 Å². The summed E-state index contributed by atoms with van der Waals surface area (Å²) in [4.78, 5) is 12.3. The quantitative estimate of drug-likeness (QED) is 0.202. The Balaban J connectivity index is 1.40. The zero-order chi connectivity index (χ0) is 21.8. The molecular weight excluding hydrogens is 499 g/mol. The van der Waals surface area contributed by atoms with Crippen LogP contribution in [0.15, 0.2) is 77.9 Å². The summed E-state index contributed by atoms with van der Waals surface area (Å²) in [6, 6.07) is 24.5. The van der Waals surface area contributed by atoms with E-state index < -0.39 is 0 Å². The molecule has 1 aromatic heterocycles. The second-order valence-electron chi connectivity index (χ2n) is 7.31. The highest BCUT2D eigenvalue weighted by Crippen LogP contribution is 2.23. The fraction of sp³-hybridized carbons (Fsp3) is 0.120. The van der Waals surface area contributed by atoms with Gasteiger partial charge in [0.05, 0.1) is 12.8 Å². The molecule has 0 spiro atoms. The number of carbonyl (C=O) groups excluding carboxylic acids is 1. The maximum atomic E-state index is 12.3. The van der Waals surface area contributed by atoms with E-state index in [-0.39, 0.29) is 12.5 Å². The van der Waals surface area contributed by atoms with Crippen LogP contribution in [0.4, 0.5) is 5.69 Å². The molecule has 0 fully saturated rings. The Morgan fingerprint density at radius 3 is 2.58 bits per heavy atom. The number of hydrogen-bond acceptors (Lipinski definition) is 3. The van der Waals surface area contributed by atoms with Crippen molar-refractivity contribution in [2.24, 2.45) is 5.10 Å². The third kappa shape index (κ3) is 4.80. The molecule has 0 bridgehead atoms. The number of nitrogens with one attached hydrogen (secondary N) is 2. The Bertz CT molecular complexity index is 1250. The number of fused-ring (bicyclic) bond motifs is 1. The molecule has 0 atom stereocenters. The zero-order valence-electron chi connectivity index (χ0n) is 17.4. The molecular formula is C25H23IN4O. The van der Waals surface area contributed by atoms with Gasteiger partial charge in [0.15, 0.2) is 0 Å². The van der Waals surface area contributed by atoms with Crippen LogP contribution < -0.4 is 10.7 Å². The summed E-state index contributed by atoms with van der Waals surface area (Å²) in [5.74, 6) is -0.198. The predicted octanol–water partition coefficient (Wildman–Crippen LogP) is 5.41. The molecule has 0 unspecified atom stereocenters. The summed E-state index contributed by atoms with van der Waals surface area (Å²) in [6.45, 7) is 4.26. The van der Waals surface area contributed by atoms with E-state index in [0.29, 0.717) is 0 Å². The minimum Gasteiger partial charge on any atom is -0.376 e. The topological polar surface area (TPSA) is 58.4 Å². The Morgan fingerprint density at radius 1 is 1.03 bits per heavy atom. The van der Waals surface area contributed by atoms with Gasteiger partial charge in [0, 0.05) is 37.3 Å². The number of carbonyl (C=O) groups is 1. The second-order valence-corrected chi connectivity index (χ2v) is 8.56. The Hall–Kier alpha value is -3.13. The molecule has 4 aromatic rings. The molecule has 156 valence electrons. The number of aromatic nitrogens is 1. The number of nitrogens with zero attached hydrogens (tertiary/aromatic N) is 2. The molecule has 0 saturated carbocycles. The van der Waals surface area contributed by atoms with Crippen LogP contribution in [0.1, 0.15) is 17.0 Å². The molecule has 0 radical (unpaired) electrons. The highest BCUT2D eigenvalue weighted by Gasteiger charge is 2.09.